The van der Waals surface area contributed by atoms with Crippen molar-refractivity contribution in [2.75, 3.05) is 6.54 Å². The molecule has 1 N–H and O–H groups in total. The van der Waals surface area contributed by atoms with E-state index < -0.39 is 0 Å². The van der Waals surface area contributed by atoms with Crippen molar-refractivity contribution in [1.82, 2.24) is 5.32 Å². The third-order valence-corrected chi connectivity index (χ3v) is 5.45. The average Bonchev–Trinajstić information content (AvgIpc) is 2.78. The Balaban J connectivity index is 1.93. The highest BCUT2D eigenvalue weighted by atomic mass is 127. The van der Waals surface area contributed by atoms with Crippen molar-refractivity contribution < 1.29 is 4.79 Å². The van der Waals surface area contributed by atoms with Crippen molar-refractivity contribution in [1.29, 1.82) is 0 Å². The Hall–Kier alpha value is -0.590. The first-order chi connectivity index (χ1) is 9.08. The molecule has 0 aliphatic rings. The molecule has 0 unspecified atom stereocenters. The van der Waals surface area contributed by atoms with Crippen LogP contribution in [0.4, 0.5) is 0 Å². The van der Waals surface area contributed by atoms with Crippen molar-refractivity contribution in [3.63, 3.8) is 0 Å². The lowest BCUT2D eigenvalue weighted by atomic mass is 10.1. The van der Waals surface area contributed by atoms with Crippen LogP contribution in [0.25, 0.3) is 0 Å². The lowest BCUT2D eigenvalue weighted by Gasteiger charge is -2.08. The van der Waals surface area contributed by atoms with Gasteiger partial charge in [-0.15, -0.1) is 11.3 Å². The van der Waals surface area contributed by atoms with E-state index in [9.17, 15) is 4.79 Å². The number of hydrogen-bond donors (Lipinski definition) is 1. The number of benzene rings is 1. The maximum absolute atomic E-state index is 12.1. The molecule has 1 heterocycles. The molecule has 0 bridgehead atoms. The second-order valence-electron chi connectivity index (χ2n) is 4.15. The summed E-state index contributed by atoms with van der Waals surface area (Å²) in [7, 11) is 0. The van der Waals surface area contributed by atoms with Crippen molar-refractivity contribution >= 4 is 51.4 Å². The fourth-order valence-corrected chi connectivity index (χ4v) is 3.39. The standard InChI is InChI=1S/C14H13ClINOS/c1-9-3-2-4-11(13(9)16)14(18)17-8-7-10-5-6-12(15)19-10/h2-6H,7-8H2,1H3,(H,17,18). The minimum atomic E-state index is -0.0178. The Kier molecular flexibility index (Phi) is 5.24. The molecule has 2 nitrogen and oxygen atoms in total. The van der Waals surface area contributed by atoms with Gasteiger partial charge in [0, 0.05) is 15.0 Å². The van der Waals surface area contributed by atoms with E-state index in [1.807, 2.05) is 37.3 Å². The number of carbonyl (C=O) groups is 1. The van der Waals surface area contributed by atoms with Crippen LogP contribution in [0.15, 0.2) is 30.3 Å². The van der Waals surface area contributed by atoms with Crippen LogP contribution in [-0.2, 0) is 6.42 Å². The summed E-state index contributed by atoms with van der Waals surface area (Å²) in [5, 5.41) is 2.94. The number of carbonyl (C=O) groups excluding carboxylic acids is 1. The van der Waals surface area contributed by atoms with Gasteiger partial charge in [-0.1, -0.05) is 23.7 Å². The minimum absolute atomic E-state index is 0.0178. The smallest absolute Gasteiger partial charge is 0.252 e. The number of aryl methyl sites for hydroxylation is 1. The van der Waals surface area contributed by atoms with E-state index in [2.05, 4.69) is 27.9 Å². The Labute approximate surface area is 135 Å². The second-order valence-corrected chi connectivity index (χ2v) is 7.03. The van der Waals surface area contributed by atoms with E-state index in [-0.39, 0.29) is 5.91 Å². The summed E-state index contributed by atoms with van der Waals surface area (Å²) in [5.74, 6) is -0.0178. The molecule has 0 spiro atoms. The summed E-state index contributed by atoms with van der Waals surface area (Å²) >= 11 is 9.63. The number of halogens is 2. The van der Waals surface area contributed by atoms with Gasteiger partial charge in [-0.25, -0.2) is 0 Å². The molecule has 0 aliphatic heterocycles. The number of rotatable bonds is 4. The third-order valence-electron chi connectivity index (χ3n) is 2.72. The summed E-state index contributed by atoms with van der Waals surface area (Å²) in [6, 6.07) is 9.65. The maximum atomic E-state index is 12.1. The molecule has 0 saturated heterocycles. The zero-order valence-corrected chi connectivity index (χ0v) is 14.1. The van der Waals surface area contributed by atoms with Gasteiger partial charge in [-0.3, -0.25) is 4.79 Å². The monoisotopic (exact) mass is 405 g/mol. The van der Waals surface area contributed by atoms with Crippen molar-refractivity contribution in [2.24, 2.45) is 0 Å². The fraction of sp³-hybridized carbons (Fsp3) is 0.214. The van der Waals surface area contributed by atoms with Gasteiger partial charge in [0.05, 0.1) is 9.90 Å². The van der Waals surface area contributed by atoms with Crippen LogP contribution >= 0.6 is 45.5 Å². The van der Waals surface area contributed by atoms with Crippen molar-refractivity contribution in [2.45, 2.75) is 13.3 Å². The van der Waals surface area contributed by atoms with Gasteiger partial charge in [-0.05, 0) is 59.7 Å². The van der Waals surface area contributed by atoms with Crippen LogP contribution in [0.2, 0.25) is 4.34 Å². The van der Waals surface area contributed by atoms with Crippen LogP contribution < -0.4 is 5.32 Å². The maximum Gasteiger partial charge on any atom is 0.252 e. The molecule has 0 radical (unpaired) electrons. The van der Waals surface area contributed by atoms with Crippen molar-refractivity contribution in [3.8, 4) is 0 Å². The molecule has 5 heteroatoms. The molecule has 1 aromatic carbocycles. The number of thiophene rings is 1. The van der Waals surface area contributed by atoms with E-state index in [0.717, 1.165) is 25.5 Å². The summed E-state index contributed by atoms with van der Waals surface area (Å²) in [6.07, 6.45) is 0.811. The van der Waals surface area contributed by atoms with E-state index in [4.69, 9.17) is 11.6 Å². The second kappa shape index (κ2) is 6.72. The Morgan fingerprint density at radius 1 is 1.37 bits per heavy atom. The first kappa shape index (κ1) is 14.8. The van der Waals surface area contributed by atoms with E-state index in [1.54, 1.807) is 11.3 Å². The van der Waals surface area contributed by atoms with Gasteiger partial charge in [-0.2, -0.15) is 0 Å². The van der Waals surface area contributed by atoms with Gasteiger partial charge >= 0.3 is 0 Å². The molecule has 2 rings (SSSR count). The first-order valence-corrected chi connectivity index (χ1v) is 8.13. The molecule has 0 saturated carbocycles. The van der Waals surface area contributed by atoms with Gasteiger partial charge < -0.3 is 5.32 Å². The highest BCUT2D eigenvalue weighted by Crippen LogP contribution is 2.21. The highest BCUT2D eigenvalue weighted by Gasteiger charge is 2.10. The van der Waals surface area contributed by atoms with Gasteiger partial charge in [0.25, 0.3) is 5.91 Å². The topological polar surface area (TPSA) is 29.1 Å². The van der Waals surface area contributed by atoms with Crippen LogP contribution in [0, 0.1) is 10.5 Å². The molecule has 0 fully saturated rings. The highest BCUT2D eigenvalue weighted by molar-refractivity contribution is 14.1. The normalized spacial score (nSPS) is 10.5. The van der Waals surface area contributed by atoms with Crippen LogP contribution in [0.3, 0.4) is 0 Å². The first-order valence-electron chi connectivity index (χ1n) is 5.85. The van der Waals surface area contributed by atoms with Crippen LogP contribution in [-0.4, -0.2) is 12.5 Å². The average molecular weight is 406 g/mol. The van der Waals surface area contributed by atoms with E-state index in [0.29, 0.717) is 6.54 Å². The SMILES string of the molecule is Cc1cccc(C(=O)NCCc2ccc(Cl)s2)c1I. The Morgan fingerprint density at radius 3 is 2.84 bits per heavy atom. The minimum Gasteiger partial charge on any atom is -0.352 e. The molecule has 100 valence electrons. The van der Waals surface area contributed by atoms with E-state index in [1.165, 1.54) is 4.88 Å². The predicted molar refractivity (Wildman–Crippen MR) is 89.3 cm³/mol. The molecule has 19 heavy (non-hydrogen) atoms. The van der Waals surface area contributed by atoms with Crippen LogP contribution in [0.1, 0.15) is 20.8 Å². The Morgan fingerprint density at radius 2 is 2.16 bits per heavy atom. The zero-order chi connectivity index (χ0) is 13.8. The largest absolute Gasteiger partial charge is 0.352 e. The summed E-state index contributed by atoms with van der Waals surface area (Å²) < 4.78 is 1.80. The quantitative estimate of drug-likeness (QED) is 0.756. The van der Waals surface area contributed by atoms with E-state index >= 15 is 0 Å². The predicted octanol–water partition coefficient (Wildman–Crippen LogP) is 4.29. The fourth-order valence-electron chi connectivity index (χ4n) is 1.70. The molecule has 0 aliphatic carbocycles. The number of amides is 1. The Bertz CT molecular complexity index is 597. The molecular formula is C14H13ClINOS. The lowest BCUT2D eigenvalue weighted by molar-refractivity contribution is 0.0953. The van der Waals surface area contributed by atoms with Gasteiger partial charge in [0.15, 0.2) is 0 Å². The summed E-state index contributed by atoms with van der Waals surface area (Å²) in [4.78, 5) is 13.3. The van der Waals surface area contributed by atoms with Crippen molar-refractivity contribution in [3.05, 3.63) is 54.2 Å². The van der Waals surface area contributed by atoms with Gasteiger partial charge in [0.1, 0.15) is 0 Å². The summed E-state index contributed by atoms with van der Waals surface area (Å²) in [6.45, 7) is 2.63. The molecule has 1 aromatic heterocycles. The third kappa shape index (κ3) is 3.94. The number of hydrogen-bond acceptors (Lipinski definition) is 2. The summed E-state index contributed by atoms with van der Waals surface area (Å²) in [5.41, 5.74) is 1.86. The molecule has 1 amide bonds. The number of nitrogens with one attached hydrogen (secondary N) is 1. The molecular weight excluding hydrogens is 393 g/mol. The lowest BCUT2D eigenvalue weighted by Crippen LogP contribution is -2.26. The van der Waals surface area contributed by atoms with Gasteiger partial charge in [0.2, 0.25) is 0 Å². The molecule has 0 atom stereocenters. The van der Waals surface area contributed by atoms with Crippen LogP contribution in [0.5, 0.6) is 0 Å². The zero-order valence-electron chi connectivity index (χ0n) is 10.4. The molecule has 2 aromatic rings.